The van der Waals surface area contributed by atoms with Gasteiger partial charge in [-0.05, 0) is 42.8 Å². The Kier molecular flexibility index (Phi) is 5.21. The summed E-state index contributed by atoms with van der Waals surface area (Å²) in [5.41, 5.74) is 2.35. The third-order valence-corrected chi connectivity index (χ3v) is 5.77. The lowest BCUT2D eigenvalue weighted by molar-refractivity contribution is -0.118. The van der Waals surface area contributed by atoms with Crippen molar-refractivity contribution in [2.45, 2.75) is 30.2 Å². The molecule has 1 aliphatic heterocycles. The van der Waals surface area contributed by atoms with Crippen LogP contribution in [0.25, 0.3) is 0 Å². The van der Waals surface area contributed by atoms with E-state index >= 15 is 0 Å². The van der Waals surface area contributed by atoms with E-state index in [0.29, 0.717) is 24.4 Å². The molecule has 142 valence electrons. The molecule has 0 radical (unpaired) electrons. The number of hydrogen-bond donors (Lipinski definition) is 1. The van der Waals surface area contributed by atoms with E-state index in [1.165, 1.54) is 11.8 Å². The number of rotatable bonds is 5. The SMILES string of the molecule is CC1Sc2ccc(C(=O)NCc3ccco3)cc2N(Cc2ccccc2)C1=O. The molecule has 1 aromatic heterocycles. The largest absolute Gasteiger partial charge is 0.467 e. The van der Waals surface area contributed by atoms with Crippen LogP contribution in [0.15, 0.2) is 76.2 Å². The quantitative estimate of drug-likeness (QED) is 0.706. The topological polar surface area (TPSA) is 62.6 Å². The van der Waals surface area contributed by atoms with Gasteiger partial charge in [0.15, 0.2) is 0 Å². The molecule has 2 heterocycles. The van der Waals surface area contributed by atoms with Gasteiger partial charge in [0.1, 0.15) is 5.76 Å². The first-order valence-corrected chi connectivity index (χ1v) is 9.96. The molecule has 0 bridgehead atoms. The van der Waals surface area contributed by atoms with Gasteiger partial charge in [0.25, 0.3) is 5.91 Å². The lowest BCUT2D eigenvalue weighted by Gasteiger charge is -2.32. The highest BCUT2D eigenvalue weighted by molar-refractivity contribution is 8.00. The van der Waals surface area contributed by atoms with Gasteiger partial charge in [-0.1, -0.05) is 30.3 Å². The van der Waals surface area contributed by atoms with Crippen LogP contribution in [0.1, 0.15) is 28.6 Å². The van der Waals surface area contributed by atoms with Crippen molar-refractivity contribution in [3.05, 3.63) is 83.8 Å². The van der Waals surface area contributed by atoms with Crippen LogP contribution in [0.2, 0.25) is 0 Å². The molecule has 0 spiro atoms. The number of benzene rings is 2. The van der Waals surface area contributed by atoms with Crippen LogP contribution in [0.4, 0.5) is 5.69 Å². The number of nitrogens with zero attached hydrogens (tertiary/aromatic N) is 1. The van der Waals surface area contributed by atoms with Crippen LogP contribution in [-0.2, 0) is 17.9 Å². The average Bonchev–Trinajstić information content (AvgIpc) is 3.24. The summed E-state index contributed by atoms with van der Waals surface area (Å²) in [6.45, 7) is 2.72. The molecular formula is C22H20N2O3S. The zero-order chi connectivity index (χ0) is 19.5. The lowest BCUT2D eigenvalue weighted by atomic mass is 10.1. The number of amides is 2. The smallest absolute Gasteiger partial charge is 0.251 e. The molecule has 2 aromatic carbocycles. The number of fused-ring (bicyclic) bond motifs is 1. The molecule has 2 amide bonds. The minimum absolute atomic E-state index is 0.0505. The number of carbonyl (C=O) groups is 2. The minimum Gasteiger partial charge on any atom is -0.467 e. The van der Waals surface area contributed by atoms with Gasteiger partial charge >= 0.3 is 0 Å². The molecule has 28 heavy (non-hydrogen) atoms. The molecule has 0 saturated heterocycles. The van der Waals surface area contributed by atoms with Gasteiger partial charge in [0.05, 0.1) is 30.3 Å². The van der Waals surface area contributed by atoms with E-state index in [-0.39, 0.29) is 17.1 Å². The molecule has 1 atom stereocenters. The van der Waals surface area contributed by atoms with Crippen LogP contribution in [0.5, 0.6) is 0 Å². The molecule has 1 N–H and O–H groups in total. The van der Waals surface area contributed by atoms with Gasteiger partial charge in [-0.25, -0.2) is 0 Å². The average molecular weight is 392 g/mol. The zero-order valence-electron chi connectivity index (χ0n) is 15.4. The van der Waals surface area contributed by atoms with Gasteiger partial charge in [-0.15, -0.1) is 11.8 Å². The highest BCUT2D eigenvalue weighted by Gasteiger charge is 2.31. The maximum atomic E-state index is 12.8. The zero-order valence-corrected chi connectivity index (χ0v) is 16.2. The molecule has 5 nitrogen and oxygen atoms in total. The van der Waals surface area contributed by atoms with Crippen LogP contribution in [-0.4, -0.2) is 17.1 Å². The fourth-order valence-electron chi connectivity index (χ4n) is 3.16. The Hall–Kier alpha value is -2.99. The molecule has 1 unspecified atom stereocenters. The predicted octanol–water partition coefficient (Wildman–Crippen LogP) is 4.24. The van der Waals surface area contributed by atoms with Crippen molar-refractivity contribution in [1.29, 1.82) is 0 Å². The highest BCUT2D eigenvalue weighted by atomic mass is 32.2. The summed E-state index contributed by atoms with van der Waals surface area (Å²) >= 11 is 1.53. The Bertz CT molecular complexity index is 986. The normalized spacial score (nSPS) is 16.0. The second kappa shape index (κ2) is 7.94. The molecule has 0 fully saturated rings. The summed E-state index contributed by atoms with van der Waals surface area (Å²) in [6.07, 6.45) is 1.58. The van der Waals surface area contributed by atoms with Gasteiger partial charge < -0.3 is 14.6 Å². The van der Waals surface area contributed by atoms with Crippen LogP contribution in [0, 0.1) is 0 Å². The van der Waals surface area contributed by atoms with Crippen molar-refractivity contribution in [2.24, 2.45) is 0 Å². The highest BCUT2D eigenvalue weighted by Crippen LogP contribution is 2.40. The second-order valence-electron chi connectivity index (χ2n) is 6.61. The van der Waals surface area contributed by atoms with Gasteiger partial charge in [0, 0.05) is 10.5 Å². The van der Waals surface area contributed by atoms with E-state index in [1.807, 2.05) is 49.4 Å². The fraction of sp³-hybridized carbons (Fsp3) is 0.182. The summed E-state index contributed by atoms with van der Waals surface area (Å²) in [5, 5.41) is 2.69. The van der Waals surface area contributed by atoms with Crippen molar-refractivity contribution < 1.29 is 14.0 Å². The maximum Gasteiger partial charge on any atom is 0.251 e. The number of furan rings is 1. The predicted molar refractivity (Wildman–Crippen MR) is 109 cm³/mol. The van der Waals surface area contributed by atoms with Gasteiger partial charge in [-0.2, -0.15) is 0 Å². The van der Waals surface area contributed by atoms with Crippen molar-refractivity contribution in [1.82, 2.24) is 5.32 Å². The third-order valence-electron chi connectivity index (χ3n) is 4.62. The van der Waals surface area contributed by atoms with Crippen LogP contribution in [0.3, 0.4) is 0 Å². The first kappa shape index (κ1) is 18.4. The Morgan fingerprint density at radius 2 is 1.96 bits per heavy atom. The van der Waals surface area contributed by atoms with Crippen molar-refractivity contribution in [3.63, 3.8) is 0 Å². The summed E-state index contributed by atoms with van der Waals surface area (Å²) in [6, 6.07) is 19.0. The molecule has 0 aliphatic carbocycles. The number of thioether (sulfide) groups is 1. The van der Waals surface area contributed by atoms with Gasteiger partial charge in [-0.3, -0.25) is 9.59 Å². The third kappa shape index (κ3) is 3.82. The Labute approximate surface area is 167 Å². The molecule has 3 aromatic rings. The first-order chi connectivity index (χ1) is 13.6. The van der Waals surface area contributed by atoms with E-state index < -0.39 is 0 Å². The van der Waals surface area contributed by atoms with E-state index in [9.17, 15) is 9.59 Å². The minimum atomic E-state index is -0.199. The first-order valence-electron chi connectivity index (χ1n) is 9.08. The summed E-state index contributed by atoms with van der Waals surface area (Å²) in [7, 11) is 0. The number of hydrogen-bond acceptors (Lipinski definition) is 4. The van der Waals surface area contributed by atoms with Crippen molar-refractivity contribution >= 4 is 29.3 Å². The maximum absolute atomic E-state index is 12.8. The lowest BCUT2D eigenvalue weighted by Crippen LogP contribution is -2.39. The fourth-order valence-corrected chi connectivity index (χ4v) is 4.21. The van der Waals surface area contributed by atoms with E-state index in [1.54, 1.807) is 29.4 Å². The van der Waals surface area contributed by atoms with E-state index in [0.717, 1.165) is 16.1 Å². The monoisotopic (exact) mass is 392 g/mol. The summed E-state index contributed by atoms with van der Waals surface area (Å²) < 4.78 is 5.25. The van der Waals surface area contributed by atoms with Crippen molar-refractivity contribution in [3.8, 4) is 0 Å². The Balaban J connectivity index is 1.59. The van der Waals surface area contributed by atoms with E-state index in [4.69, 9.17) is 4.42 Å². The summed E-state index contributed by atoms with van der Waals surface area (Å²) in [4.78, 5) is 28.2. The molecule has 6 heteroatoms. The Morgan fingerprint density at radius 3 is 2.71 bits per heavy atom. The standard InChI is InChI=1S/C22H20N2O3S/c1-15-22(26)24(14-16-6-3-2-4-7-16)19-12-17(9-10-20(19)28-15)21(25)23-13-18-8-5-11-27-18/h2-12,15H,13-14H2,1H3,(H,23,25). The number of nitrogens with one attached hydrogen (secondary N) is 1. The molecule has 0 saturated carbocycles. The summed E-state index contributed by atoms with van der Waals surface area (Å²) in [5.74, 6) is 0.543. The Morgan fingerprint density at radius 1 is 1.14 bits per heavy atom. The molecule has 1 aliphatic rings. The van der Waals surface area contributed by atoms with E-state index in [2.05, 4.69) is 5.32 Å². The number of anilines is 1. The molecular weight excluding hydrogens is 372 g/mol. The van der Waals surface area contributed by atoms with Crippen molar-refractivity contribution in [2.75, 3.05) is 4.90 Å². The molecule has 4 rings (SSSR count). The van der Waals surface area contributed by atoms with Gasteiger partial charge in [0.2, 0.25) is 5.91 Å². The van der Waals surface area contributed by atoms with Crippen LogP contribution < -0.4 is 10.2 Å². The van der Waals surface area contributed by atoms with Crippen LogP contribution >= 0.6 is 11.8 Å². The second-order valence-corrected chi connectivity index (χ2v) is 8.00. The number of carbonyl (C=O) groups excluding carboxylic acids is 2.